The molecule has 2 fully saturated rings. The van der Waals surface area contributed by atoms with Crippen LogP contribution >= 0.6 is 0 Å². The molecule has 0 spiro atoms. The highest BCUT2D eigenvalue weighted by atomic mass is 16.5. The molecule has 0 unspecified atom stereocenters. The van der Waals surface area contributed by atoms with Gasteiger partial charge in [-0.25, -0.2) is 0 Å². The highest BCUT2D eigenvalue weighted by Gasteiger charge is 2.49. The number of unbranched alkanes of at least 4 members (excludes halogenated alkanes) is 2. The van der Waals surface area contributed by atoms with Gasteiger partial charge in [-0.1, -0.05) is 6.42 Å². The molecule has 19 heavy (non-hydrogen) atoms. The lowest BCUT2D eigenvalue weighted by Crippen LogP contribution is -2.33. The van der Waals surface area contributed by atoms with E-state index in [1.165, 1.54) is 7.11 Å². The molecule has 2 aliphatic rings. The van der Waals surface area contributed by atoms with E-state index in [4.69, 9.17) is 0 Å². The molecule has 1 N–H and O–H groups in total. The average Bonchev–Trinajstić information content (AvgIpc) is 2.98. The van der Waals surface area contributed by atoms with Gasteiger partial charge in [0.25, 0.3) is 0 Å². The first kappa shape index (κ1) is 14.5. The number of fused-ring (bicyclic) bond motifs is 2. The van der Waals surface area contributed by atoms with Crippen LogP contribution in [0.15, 0.2) is 0 Å². The van der Waals surface area contributed by atoms with Gasteiger partial charge in [-0.3, -0.25) is 9.59 Å². The Morgan fingerprint density at radius 1 is 1.11 bits per heavy atom. The summed E-state index contributed by atoms with van der Waals surface area (Å²) < 4.78 is 4.57. The highest BCUT2D eigenvalue weighted by Crippen LogP contribution is 2.49. The number of aliphatic hydroxyl groups excluding tert-OH is 1. The molecule has 0 saturated heterocycles. The van der Waals surface area contributed by atoms with E-state index in [0.717, 1.165) is 38.5 Å². The SMILES string of the molecule is COC(=O)CCCCCC(=O)[C@@H]1[C@H]2CC[C@H](C2)[C@@H]1O. The maximum atomic E-state index is 12.1. The number of ether oxygens (including phenoxy) is 1. The number of carbonyl (C=O) groups excluding carboxylic acids is 2. The summed E-state index contributed by atoms with van der Waals surface area (Å²) >= 11 is 0. The van der Waals surface area contributed by atoms with Crippen molar-refractivity contribution in [3.63, 3.8) is 0 Å². The van der Waals surface area contributed by atoms with Crippen molar-refractivity contribution in [2.24, 2.45) is 17.8 Å². The fraction of sp³-hybridized carbons (Fsp3) is 0.867. The van der Waals surface area contributed by atoms with E-state index in [9.17, 15) is 14.7 Å². The van der Waals surface area contributed by atoms with Gasteiger partial charge in [0.05, 0.1) is 13.2 Å². The van der Waals surface area contributed by atoms with Crippen molar-refractivity contribution in [2.75, 3.05) is 7.11 Å². The van der Waals surface area contributed by atoms with Crippen molar-refractivity contribution < 1.29 is 19.4 Å². The van der Waals surface area contributed by atoms with Gasteiger partial charge in [-0.2, -0.15) is 0 Å². The van der Waals surface area contributed by atoms with Crippen LogP contribution in [0.5, 0.6) is 0 Å². The minimum Gasteiger partial charge on any atom is -0.469 e. The number of Topliss-reactive ketones (excluding diaryl/α,β-unsaturated/α-hetero) is 1. The Hall–Kier alpha value is -0.900. The van der Waals surface area contributed by atoms with E-state index in [1.54, 1.807) is 0 Å². The van der Waals surface area contributed by atoms with Crippen LogP contribution in [0.25, 0.3) is 0 Å². The minimum atomic E-state index is -0.388. The second kappa shape index (κ2) is 6.51. The minimum absolute atomic E-state index is 0.0978. The smallest absolute Gasteiger partial charge is 0.305 e. The second-order valence-corrected chi connectivity index (χ2v) is 5.95. The first-order valence-corrected chi connectivity index (χ1v) is 7.41. The molecule has 0 amide bonds. The summed E-state index contributed by atoms with van der Waals surface area (Å²) in [5, 5.41) is 10.1. The quantitative estimate of drug-likeness (QED) is 0.567. The number of rotatable bonds is 7. The average molecular weight is 268 g/mol. The predicted octanol–water partition coefficient (Wildman–Crippen LogP) is 2.09. The molecule has 0 aromatic heterocycles. The Labute approximate surface area is 114 Å². The Bertz CT molecular complexity index is 337. The molecule has 2 saturated carbocycles. The molecular formula is C15H24O4. The molecule has 2 rings (SSSR count). The predicted molar refractivity (Wildman–Crippen MR) is 70.4 cm³/mol. The molecule has 4 heteroatoms. The molecule has 2 bridgehead atoms. The number of aliphatic hydroxyl groups is 1. The molecule has 0 heterocycles. The molecule has 0 aromatic carbocycles. The number of hydrogen-bond donors (Lipinski definition) is 1. The van der Waals surface area contributed by atoms with Crippen LogP contribution in [-0.4, -0.2) is 30.1 Å². The lowest BCUT2D eigenvalue weighted by Gasteiger charge is -2.25. The summed E-state index contributed by atoms with van der Waals surface area (Å²) in [5.41, 5.74) is 0. The summed E-state index contributed by atoms with van der Waals surface area (Å²) in [4.78, 5) is 23.1. The van der Waals surface area contributed by atoms with E-state index in [2.05, 4.69) is 4.74 Å². The van der Waals surface area contributed by atoms with Gasteiger partial charge in [0.2, 0.25) is 0 Å². The third-order valence-corrected chi connectivity index (χ3v) is 4.78. The van der Waals surface area contributed by atoms with Crippen molar-refractivity contribution in [1.82, 2.24) is 0 Å². The fourth-order valence-electron chi connectivity index (χ4n) is 3.73. The third kappa shape index (κ3) is 3.35. The molecule has 4 nitrogen and oxygen atoms in total. The van der Waals surface area contributed by atoms with Crippen molar-refractivity contribution in [2.45, 2.75) is 57.5 Å². The molecule has 4 atom stereocenters. The van der Waals surface area contributed by atoms with Crippen molar-refractivity contribution in [3.8, 4) is 0 Å². The van der Waals surface area contributed by atoms with Crippen LogP contribution < -0.4 is 0 Å². The van der Waals surface area contributed by atoms with Gasteiger partial charge in [-0.05, 0) is 43.9 Å². The van der Waals surface area contributed by atoms with Crippen LogP contribution in [-0.2, 0) is 14.3 Å². The monoisotopic (exact) mass is 268 g/mol. The maximum absolute atomic E-state index is 12.1. The van der Waals surface area contributed by atoms with Crippen LogP contribution in [0.3, 0.4) is 0 Å². The standard InChI is InChI=1S/C15H24O4/c1-19-13(17)6-4-2-3-5-12(16)14-10-7-8-11(9-10)15(14)18/h10-11,14-15,18H,2-9H2,1H3/t10-,11+,14-,15-/m0/s1. The zero-order valence-corrected chi connectivity index (χ0v) is 11.6. The van der Waals surface area contributed by atoms with Crippen LogP contribution in [0, 0.1) is 17.8 Å². The normalized spacial score (nSPS) is 32.5. The molecule has 108 valence electrons. The third-order valence-electron chi connectivity index (χ3n) is 4.78. The lowest BCUT2D eigenvalue weighted by atomic mass is 9.82. The number of methoxy groups -OCH3 is 1. The first-order chi connectivity index (χ1) is 9.13. The molecule has 0 aliphatic heterocycles. The van der Waals surface area contributed by atoms with Crippen molar-refractivity contribution in [1.29, 1.82) is 0 Å². The highest BCUT2D eigenvalue weighted by molar-refractivity contribution is 5.82. The fourth-order valence-corrected chi connectivity index (χ4v) is 3.73. The van der Waals surface area contributed by atoms with Gasteiger partial charge in [0.15, 0.2) is 0 Å². The van der Waals surface area contributed by atoms with Gasteiger partial charge in [0.1, 0.15) is 5.78 Å². The molecule has 0 aromatic rings. The molecule has 0 radical (unpaired) electrons. The summed E-state index contributed by atoms with van der Waals surface area (Å²) in [6.07, 6.45) is 6.30. The number of carbonyl (C=O) groups is 2. The summed E-state index contributed by atoms with van der Waals surface area (Å²) in [6, 6.07) is 0. The van der Waals surface area contributed by atoms with Crippen molar-refractivity contribution >= 4 is 11.8 Å². The Morgan fingerprint density at radius 3 is 2.42 bits per heavy atom. The van der Waals surface area contributed by atoms with Gasteiger partial charge >= 0.3 is 5.97 Å². The van der Waals surface area contributed by atoms with E-state index < -0.39 is 0 Å². The van der Waals surface area contributed by atoms with Crippen LogP contribution in [0.1, 0.15) is 51.4 Å². The first-order valence-electron chi connectivity index (χ1n) is 7.41. The van der Waals surface area contributed by atoms with Gasteiger partial charge in [0, 0.05) is 18.8 Å². The van der Waals surface area contributed by atoms with E-state index in [-0.39, 0.29) is 23.8 Å². The zero-order chi connectivity index (χ0) is 13.8. The second-order valence-electron chi connectivity index (χ2n) is 5.95. The summed E-state index contributed by atoms with van der Waals surface area (Å²) in [6.45, 7) is 0. The number of ketones is 1. The largest absolute Gasteiger partial charge is 0.469 e. The number of esters is 1. The van der Waals surface area contributed by atoms with E-state index >= 15 is 0 Å². The van der Waals surface area contributed by atoms with Gasteiger partial charge in [-0.15, -0.1) is 0 Å². The lowest BCUT2D eigenvalue weighted by molar-refractivity contribution is -0.140. The van der Waals surface area contributed by atoms with Crippen molar-refractivity contribution in [3.05, 3.63) is 0 Å². The van der Waals surface area contributed by atoms with E-state index in [1.807, 2.05) is 0 Å². The number of hydrogen-bond acceptors (Lipinski definition) is 4. The van der Waals surface area contributed by atoms with Crippen LogP contribution in [0.4, 0.5) is 0 Å². The summed E-state index contributed by atoms with van der Waals surface area (Å²) in [5.74, 6) is 0.757. The Balaban J connectivity index is 1.64. The Kier molecular flexibility index (Phi) is 4.97. The maximum Gasteiger partial charge on any atom is 0.305 e. The molecule has 2 aliphatic carbocycles. The van der Waals surface area contributed by atoms with Gasteiger partial charge < -0.3 is 9.84 Å². The molecular weight excluding hydrogens is 244 g/mol. The van der Waals surface area contributed by atoms with E-state index in [0.29, 0.717) is 24.7 Å². The summed E-state index contributed by atoms with van der Waals surface area (Å²) in [7, 11) is 1.39. The Morgan fingerprint density at radius 2 is 1.79 bits per heavy atom. The zero-order valence-electron chi connectivity index (χ0n) is 11.6. The topological polar surface area (TPSA) is 63.6 Å². The van der Waals surface area contributed by atoms with Crippen LogP contribution in [0.2, 0.25) is 0 Å².